The Bertz CT molecular complexity index is 856. The summed E-state index contributed by atoms with van der Waals surface area (Å²) in [6.07, 6.45) is 0. The van der Waals surface area contributed by atoms with E-state index in [-0.39, 0.29) is 16.9 Å². The van der Waals surface area contributed by atoms with Gasteiger partial charge in [-0.15, -0.1) is 0 Å². The van der Waals surface area contributed by atoms with E-state index in [4.69, 9.17) is 9.47 Å². The molecule has 0 bridgehead atoms. The van der Waals surface area contributed by atoms with Gasteiger partial charge in [0.2, 0.25) is 10.0 Å². The molecule has 0 spiro atoms. The van der Waals surface area contributed by atoms with Crippen molar-refractivity contribution in [3.05, 3.63) is 54.1 Å². The minimum Gasteiger partial charge on any atom is -0.497 e. The fourth-order valence-electron chi connectivity index (χ4n) is 3.10. The fourth-order valence-corrected chi connectivity index (χ4v) is 4.19. The van der Waals surface area contributed by atoms with E-state index in [0.29, 0.717) is 25.4 Å². The summed E-state index contributed by atoms with van der Waals surface area (Å²) in [5.41, 5.74) is 7.37. The molecule has 2 aromatic carbocycles. The minimum atomic E-state index is -3.58. The summed E-state index contributed by atoms with van der Waals surface area (Å²) in [4.78, 5) is 0.225. The summed E-state index contributed by atoms with van der Waals surface area (Å²) in [5, 5.41) is 0. The zero-order valence-electron chi connectivity index (χ0n) is 15.4. The second-order valence-electron chi connectivity index (χ2n) is 6.30. The molecule has 2 atom stereocenters. The maximum Gasteiger partial charge on any atom is 0.240 e. The number of nitrogens with one attached hydrogen (secondary N) is 3. The number of ether oxygens (including phenoxy) is 2. The minimum absolute atomic E-state index is 0.0110. The molecule has 2 unspecified atom stereocenters. The molecule has 0 saturated carbocycles. The molecule has 1 aliphatic heterocycles. The molecule has 8 heteroatoms. The molecular formula is C19H25N3O4S. The summed E-state index contributed by atoms with van der Waals surface area (Å²) in [5.74, 6) is 1.49. The Labute approximate surface area is 160 Å². The van der Waals surface area contributed by atoms with Crippen molar-refractivity contribution in [2.24, 2.45) is 5.92 Å². The molecule has 3 N–H and O–H groups in total. The second-order valence-corrected chi connectivity index (χ2v) is 8.06. The number of hydrogen-bond donors (Lipinski definition) is 3. The molecular weight excluding hydrogens is 366 g/mol. The molecule has 1 fully saturated rings. The van der Waals surface area contributed by atoms with Crippen LogP contribution in [0.15, 0.2) is 53.4 Å². The molecule has 1 saturated heterocycles. The van der Waals surface area contributed by atoms with Crippen molar-refractivity contribution in [3.63, 3.8) is 0 Å². The van der Waals surface area contributed by atoms with Gasteiger partial charge in [-0.2, -0.15) is 0 Å². The largest absolute Gasteiger partial charge is 0.497 e. The van der Waals surface area contributed by atoms with E-state index in [9.17, 15) is 8.42 Å². The van der Waals surface area contributed by atoms with Crippen LogP contribution in [-0.4, -0.2) is 35.2 Å². The molecule has 7 nitrogen and oxygen atoms in total. The van der Waals surface area contributed by atoms with Crippen LogP contribution in [0.4, 0.5) is 0 Å². The molecule has 0 aromatic heterocycles. The van der Waals surface area contributed by atoms with Crippen LogP contribution in [0, 0.1) is 5.92 Å². The Morgan fingerprint density at radius 1 is 1.15 bits per heavy atom. The highest BCUT2D eigenvalue weighted by atomic mass is 32.2. The van der Waals surface area contributed by atoms with Gasteiger partial charge in [0, 0.05) is 19.0 Å². The summed E-state index contributed by atoms with van der Waals surface area (Å²) in [7, 11) is -1.96. The standard InChI is InChI=1S/C19H25N3O4S/c1-3-26-16-7-9-18(10-8-16)27(23,24)21-13-15-12-20-22-19(15)14-5-4-6-17(11-14)25-2/h4-11,15,19-22H,3,12-13H2,1-2H3. The molecule has 0 amide bonds. The monoisotopic (exact) mass is 391 g/mol. The van der Waals surface area contributed by atoms with E-state index >= 15 is 0 Å². The lowest BCUT2D eigenvalue weighted by atomic mass is 9.95. The van der Waals surface area contributed by atoms with Gasteiger partial charge >= 0.3 is 0 Å². The first-order valence-corrected chi connectivity index (χ1v) is 10.4. The molecule has 3 rings (SSSR count). The molecule has 0 aliphatic carbocycles. The van der Waals surface area contributed by atoms with E-state index in [1.54, 1.807) is 31.4 Å². The maximum atomic E-state index is 12.6. The molecule has 1 heterocycles. The number of rotatable bonds is 8. The average Bonchev–Trinajstić information content (AvgIpc) is 3.16. The Hall–Kier alpha value is -2.13. The molecule has 1 aliphatic rings. The first kappa shape index (κ1) is 19.6. The number of benzene rings is 2. The van der Waals surface area contributed by atoms with Gasteiger partial charge in [-0.25, -0.2) is 18.6 Å². The summed E-state index contributed by atoms with van der Waals surface area (Å²) in [6.45, 7) is 3.40. The smallest absolute Gasteiger partial charge is 0.240 e. The van der Waals surface area contributed by atoms with Gasteiger partial charge < -0.3 is 9.47 Å². The van der Waals surface area contributed by atoms with E-state index in [0.717, 1.165) is 11.3 Å². The predicted octanol–water partition coefficient (Wildman–Crippen LogP) is 1.84. The van der Waals surface area contributed by atoms with Crippen molar-refractivity contribution in [2.45, 2.75) is 17.9 Å². The van der Waals surface area contributed by atoms with Crippen LogP contribution in [0.5, 0.6) is 11.5 Å². The van der Waals surface area contributed by atoms with Crippen LogP contribution in [-0.2, 0) is 10.0 Å². The van der Waals surface area contributed by atoms with Crippen LogP contribution in [0.3, 0.4) is 0 Å². The second kappa shape index (κ2) is 8.71. The lowest BCUT2D eigenvalue weighted by molar-refractivity contribution is 0.340. The number of methoxy groups -OCH3 is 1. The fraction of sp³-hybridized carbons (Fsp3) is 0.368. The topological polar surface area (TPSA) is 88.7 Å². The molecule has 0 radical (unpaired) electrons. The summed E-state index contributed by atoms with van der Waals surface area (Å²) < 4.78 is 38.5. The number of sulfonamides is 1. The summed E-state index contributed by atoms with van der Waals surface area (Å²) >= 11 is 0. The first-order chi connectivity index (χ1) is 13.0. The van der Waals surface area contributed by atoms with E-state index in [2.05, 4.69) is 15.6 Å². The van der Waals surface area contributed by atoms with E-state index in [1.807, 2.05) is 31.2 Å². The van der Waals surface area contributed by atoms with Crippen molar-refractivity contribution < 1.29 is 17.9 Å². The molecule has 146 valence electrons. The molecule has 2 aromatic rings. The quantitative estimate of drug-likeness (QED) is 0.636. The van der Waals surface area contributed by atoms with Gasteiger partial charge in [-0.1, -0.05) is 12.1 Å². The molecule has 27 heavy (non-hydrogen) atoms. The third-order valence-corrected chi connectivity index (χ3v) is 5.97. The van der Waals surface area contributed by atoms with Gasteiger partial charge in [-0.3, -0.25) is 5.43 Å². The average molecular weight is 391 g/mol. The van der Waals surface area contributed by atoms with E-state index in [1.165, 1.54) is 0 Å². The number of hydrazine groups is 1. The SMILES string of the molecule is CCOc1ccc(S(=O)(=O)NCC2CNNC2c2cccc(OC)c2)cc1. The van der Waals surface area contributed by atoms with E-state index < -0.39 is 10.0 Å². The summed E-state index contributed by atoms with van der Waals surface area (Å²) in [6, 6.07) is 14.2. The Kier molecular flexibility index (Phi) is 6.33. The van der Waals surface area contributed by atoms with Gasteiger partial charge in [-0.05, 0) is 48.9 Å². The maximum absolute atomic E-state index is 12.6. The third-order valence-electron chi connectivity index (χ3n) is 4.53. The van der Waals surface area contributed by atoms with Crippen LogP contribution >= 0.6 is 0 Å². The van der Waals surface area contributed by atoms with Crippen molar-refractivity contribution in [2.75, 3.05) is 26.8 Å². The Morgan fingerprint density at radius 2 is 1.93 bits per heavy atom. The normalized spacial score (nSPS) is 19.8. The van der Waals surface area contributed by atoms with Gasteiger partial charge in [0.25, 0.3) is 0 Å². The van der Waals surface area contributed by atoms with Gasteiger partial charge in [0.1, 0.15) is 11.5 Å². The highest BCUT2D eigenvalue weighted by molar-refractivity contribution is 7.89. The third kappa shape index (κ3) is 4.78. The van der Waals surface area contributed by atoms with Crippen molar-refractivity contribution in [1.29, 1.82) is 0 Å². The van der Waals surface area contributed by atoms with Crippen LogP contribution in [0.1, 0.15) is 18.5 Å². The lowest BCUT2D eigenvalue weighted by Crippen LogP contribution is -2.32. The lowest BCUT2D eigenvalue weighted by Gasteiger charge is -2.20. The van der Waals surface area contributed by atoms with Crippen LogP contribution in [0.2, 0.25) is 0 Å². The van der Waals surface area contributed by atoms with Crippen molar-refractivity contribution >= 4 is 10.0 Å². The van der Waals surface area contributed by atoms with Crippen LogP contribution in [0.25, 0.3) is 0 Å². The predicted molar refractivity (Wildman–Crippen MR) is 103 cm³/mol. The van der Waals surface area contributed by atoms with Crippen LogP contribution < -0.4 is 25.0 Å². The highest BCUT2D eigenvalue weighted by Gasteiger charge is 2.29. The first-order valence-electron chi connectivity index (χ1n) is 8.88. The zero-order valence-corrected chi connectivity index (χ0v) is 16.3. The highest BCUT2D eigenvalue weighted by Crippen LogP contribution is 2.27. The van der Waals surface area contributed by atoms with Crippen molar-refractivity contribution in [1.82, 2.24) is 15.6 Å². The van der Waals surface area contributed by atoms with Gasteiger partial charge in [0.15, 0.2) is 0 Å². The number of hydrogen-bond acceptors (Lipinski definition) is 6. The Balaban J connectivity index is 1.67. The van der Waals surface area contributed by atoms with Crippen molar-refractivity contribution in [3.8, 4) is 11.5 Å². The van der Waals surface area contributed by atoms with Gasteiger partial charge in [0.05, 0.1) is 24.7 Å². The Morgan fingerprint density at radius 3 is 2.63 bits per heavy atom. The zero-order chi connectivity index (χ0) is 19.3.